The van der Waals surface area contributed by atoms with Crippen LogP contribution in [0.25, 0.3) is 0 Å². The Hall–Kier alpha value is -2.40. The van der Waals surface area contributed by atoms with Crippen LogP contribution in [0.5, 0.6) is 5.75 Å². The van der Waals surface area contributed by atoms with Crippen LogP contribution in [0.3, 0.4) is 0 Å². The molecule has 0 amide bonds. The highest BCUT2D eigenvalue weighted by Gasteiger charge is 2.29. The number of sulfonamides is 2. The molecule has 1 aliphatic rings. The number of nitrogens with zero attached hydrogens (tertiary/aromatic N) is 1. The average molecular weight is 418 g/mol. The lowest BCUT2D eigenvalue weighted by Crippen LogP contribution is -2.25. The Morgan fingerprint density at radius 1 is 1.15 bits per heavy atom. The minimum absolute atomic E-state index is 0.0124. The molecule has 0 aromatic heterocycles. The molecule has 0 saturated carbocycles. The topological polar surface area (TPSA) is 92.8 Å². The van der Waals surface area contributed by atoms with Crippen LogP contribution in [0.4, 0.5) is 20.2 Å². The van der Waals surface area contributed by atoms with Crippen molar-refractivity contribution < 1.29 is 30.4 Å². The molecule has 0 unspecified atom stereocenters. The molecule has 2 aromatic rings. The molecule has 146 valence electrons. The minimum atomic E-state index is -4.35. The van der Waals surface area contributed by atoms with Gasteiger partial charge >= 0.3 is 0 Å². The molecular weight excluding hydrogens is 402 g/mol. The first-order valence-corrected chi connectivity index (χ1v) is 10.9. The Morgan fingerprint density at radius 3 is 2.48 bits per heavy atom. The van der Waals surface area contributed by atoms with Gasteiger partial charge in [-0.15, -0.1) is 0 Å². The van der Waals surface area contributed by atoms with Crippen LogP contribution >= 0.6 is 0 Å². The van der Waals surface area contributed by atoms with E-state index in [0.29, 0.717) is 24.7 Å². The molecule has 1 saturated heterocycles. The van der Waals surface area contributed by atoms with Crippen molar-refractivity contribution in [3.8, 4) is 5.75 Å². The third-order valence-electron chi connectivity index (χ3n) is 4.00. The number of methoxy groups -OCH3 is 1. The third-order valence-corrected chi connectivity index (χ3v) is 7.27. The molecular formula is C16H16F2N2O5S2. The summed E-state index contributed by atoms with van der Waals surface area (Å²) in [5.74, 6) is -2.05. The lowest BCUT2D eigenvalue weighted by Gasteiger charge is -2.19. The van der Waals surface area contributed by atoms with Crippen LogP contribution in [-0.4, -0.2) is 36.2 Å². The smallest absolute Gasteiger partial charge is 0.264 e. The quantitative estimate of drug-likeness (QED) is 0.805. The first-order valence-electron chi connectivity index (χ1n) is 7.80. The van der Waals surface area contributed by atoms with Gasteiger partial charge in [0.1, 0.15) is 22.3 Å². The number of anilines is 2. The van der Waals surface area contributed by atoms with Crippen LogP contribution in [-0.2, 0) is 20.0 Å². The summed E-state index contributed by atoms with van der Waals surface area (Å²) in [4.78, 5) is -0.725. The summed E-state index contributed by atoms with van der Waals surface area (Å²) in [7, 11) is -6.48. The van der Waals surface area contributed by atoms with Gasteiger partial charge in [0.25, 0.3) is 10.0 Å². The van der Waals surface area contributed by atoms with E-state index in [4.69, 9.17) is 4.74 Å². The fourth-order valence-electron chi connectivity index (χ4n) is 2.74. The maximum Gasteiger partial charge on any atom is 0.264 e. The molecule has 0 radical (unpaired) electrons. The zero-order chi connectivity index (χ0) is 19.8. The van der Waals surface area contributed by atoms with E-state index in [1.54, 1.807) is 0 Å². The van der Waals surface area contributed by atoms with Gasteiger partial charge in [-0.05, 0) is 30.7 Å². The van der Waals surface area contributed by atoms with Crippen LogP contribution in [0.1, 0.15) is 6.42 Å². The molecule has 1 fully saturated rings. The van der Waals surface area contributed by atoms with Gasteiger partial charge in [0.2, 0.25) is 10.0 Å². The first-order chi connectivity index (χ1) is 12.6. The first kappa shape index (κ1) is 19.4. The predicted molar refractivity (Wildman–Crippen MR) is 95.9 cm³/mol. The van der Waals surface area contributed by atoms with E-state index in [-0.39, 0.29) is 17.2 Å². The second kappa shape index (κ2) is 6.97. The predicted octanol–water partition coefficient (Wildman–Crippen LogP) is 2.31. The molecule has 27 heavy (non-hydrogen) atoms. The summed E-state index contributed by atoms with van der Waals surface area (Å²) in [5.41, 5.74) is 0.321. The number of benzene rings is 2. The van der Waals surface area contributed by atoms with Gasteiger partial charge in [0.05, 0.1) is 24.2 Å². The normalized spacial score (nSPS) is 16.3. The summed E-state index contributed by atoms with van der Waals surface area (Å²) in [6, 6.07) is 6.22. The van der Waals surface area contributed by atoms with E-state index in [0.717, 1.165) is 12.1 Å². The Labute approximate surface area is 155 Å². The van der Waals surface area contributed by atoms with Crippen LogP contribution < -0.4 is 13.8 Å². The van der Waals surface area contributed by atoms with Gasteiger partial charge in [0, 0.05) is 18.7 Å². The number of hydrogen-bond acceptors (Lipinski definition) is 5. The molecule has 1 aliphatic heterocycles. The zero-order valence-corrected chi connectivity index (χ0v) is 15.8. The number of hydrogen-bond donors (Lipinski definition) is 1. The minimum Gasteiger partial charge on any atom is -0.494 e. The maximum absolute atomic E-state index is 13.8. The van der Waals surface area contributed by atoms with Crippen molar-refractivity contribution in [3.63, 3.8) is 0 Å². The largest absolute Gasteiger partial charge is 0.494 e. The summed E-state index contributed by atoms with van der Waals surface area (Å²) in [6.45, 7) is 0.317. The molecule has 7 nitrogen and oxygen atoms in total. The molecule has 3 rings (SSSR count). The van der Waals surface area contributed by atoms with E-state index in [9.17, 15) is 25.6 Å². The fraction of sp³-hybridized carbons (Fsp3) is 0.250. The molecule has 1 N–H and O–H groups in total. The number of ether oxygens (including phenoxy) is 1. The van der Waals surface area contributed by atoms with E-state index in [2.05, 4.69) is 4.72 Å². The molecule has 2 aromatic carbocycles. The van der Waals surface area contributed by atoms with Crippen molar-refractivity contribution in [2.45, 2.75) is 11.3 Å². The third kappa shape index (κ3) is 3.83. The second-order valence-corrected chi connectivity index (χ2v) is 9.47. The maximum atomic E-state index is 13.8. The van der Waals surface area contributed by atoms with Crippen LogP contribution in [0, 0.1) is 11.6 Å². The van der Waals surface area contributed by atoms with Crippen molar-refractivity contribution in [2.75, 3.05) is 28.4 Å². The number of nitrogens with one attached hydrogen (secondary N) is 1. The number of halogens is 2. The van der Waals surface area contributed by atoms with Gasteiger partial charge < -0.3 is 4.74 Å². The summed E-state index contributed by atoms with van der Waals surface area (Å²) in [5, 5.41) is 0. The monoisotopic (exact) mass is 418 g/mol. The SMILES string of the molecule is COc1cc(N2CCCS2(=O)=O)ccc1NS(=O)(=O)c1ccc(F)cc1F. The standard InChI is InChI=1S/C16H16F2N2O5S2/c1-25-15-10-12(20-7-2-8-26(20,21)22)4-5-14(15)19-27(23,24)16-6-3-11(17)9-13(16)18/h3-6,9-10,19H,2,7-8H2,1H3. The Balaban J connectivity index is 1.95. The van der Waals surface area contributed by atoms with Gasteiger partial charge in [-0.25, -0.2) is 25.6 Å². The molecule has 0 aliphatic carbocycles. The van der Waals surface area contributed by atoms with Crippen molar-refractivity contribution in [1.82, 2.24) is 0 Å². The summed E-state index contributed by atoms with van der Waals surface area (Å²) >= 11 is 0. The van der Waals surface area contributed by atoms with Crippen molar-refractivity contribution in [2.24, 2.45) is 0 Å². The van der Waals surface area contributed by atoms with Gasteiger partial charge in [-0.2, -0.15) is 0 Å². The molecule has 0 bridgehead atoms. The van der Waals surface area contributed by atoms with Crippen LogP contribution in [0.15, 0.2) is 41.3 Å². The van der Waals surface area contributed by atoms with E-state index >= 15 is 0 Å². The highest BCUT2D eigenvalue weighted by molar-refractivity contribution is 7.93. The van der Waals surface area contributed by atoms with Gasteiger partial charge in [0.15, 0.2) is 0 Å². The van der Waals surface area contributed by atoms with E-state index in [1.165, 1.54) is 29.6 Å². The highest BCUT2D eigenvalue weighted by Crippen LogP contribution is 2.34. The van der Waals surface area contributed by atoms with Crippen molar-refractivity contribution in [3.05, 3.63) is 48.0 Å². The molecule has 1 heterocycles. The second-order valence-electron chi connectivity index (χ2n) is 5.81. The Bertz CT molecular complexity index is 1090. The lowest BCUT2D eigenvalue weighted by molar-refractivity contribution is 0.417. The lowest BCUT2D eigenvalue weighted by atomic mass is 10.2. The van der Waals surface area contributed by atoms with Crippen LogP contribution in [0.2, 0.25) is 0 Å². The molecule has 0 atom stereocenters. The van der Waals surface area contributed by atoms with Gasteiger partial charge in [-0.1, -0.05) is 0 Å². The van der Waals surface area contributed by atoms with Crippen molar-refractivity contribution in [1.29, 1.82) is 0 Å². The van der Waals surface area contributed by atoms with E-state index in [1.807, 2.05) is 0 Å². The Kier molecular flexibility index (Phi) is 5.00. The highest BCUT2D eigenvalue weighted by atomic mass is 32.2. The van der Waals surface area contributed by atoms with Crippen molar-refractivity contribution >= 4 is 31.4 Å². The summed E-state index contributed by atoms with van der Waals surface area (Å²) in [6.07, 6.45) is 0.489. The fourth-order valence-corrected chi connectivity index (χ4v) is 5.43. The van der Waals surface area contributed by atoms with Gasteiger partial charge in [-0.3, -0.25) is 9.03 Å². The molecule has 11 heteroatoms. The Morgan fingerprint density at radius 2 is 1.89 bits per heavy atom. The average Bonchev–Trinajstić information content (AvgIpc) is 2.93. The summed E-state index contributed by atoms with van der Waals surface area (Å²) < 4.78 is 84.2. The van der Waals surface area contributed by atoms with E-state index < -0.39 is 36.6 Å². The zero-order valence-electron chi connectivity index (χ0n) is 14.1. The number of rotatable bonds is 5. The molecule has 0 spiro atoms.